The molecule has 2 aromatic rings. The predicted octanol–water partition coefficient (Wildman–Crippen LogP) is 3.98. The third-order valence-electron chi connectivity index (χ3n) is 5.87. The first-order chi connectivity index (χ1) is 14.8. The Labute approximate surface area is 183 Å². The van der Waals surface area contributed by atoms with Gasteiger partial charge in [0, 0.05) is 5.56 Å². The van der Waals surface area contributed by atoms with Gasteiger partial charge in [-0.3, -0.25) is 14.8 Å². The van der Waals surface area contributed by atoms with Crippen molar-refractivity contribution in [2.75, 3.05) is 6.54 Å². The second-order valence-electron chi connectivity index (χ2n) is 9.44. The Hall–Kier alpha value is -2.74. The van der Waals surface area contributed by atoms with Crippen LogP contribution in [0.15, 0.2) is 34.9 Å². The van der Waals surface area contributed by atoms with Crippen LogP contribution in [0.3, 0.4) is 0 Å². The summed E-state index contributed by atoms with van der Waals surface area (Å²) in [5.41, 5.74) is 0.440. The minimum absolute atomic E-state index is 0.0399. The van der Waals surface area contributed by atoms with E-state index in [1.165, 1.54) is 0 Å². The molecule has 0 bridgehead atoms. The fourth-order valence-corrected chi connectivity index (χ4v) is 4.15. The first-order valence-electron chi connectivity index (χ1n) is 10.9. The Morgan fingerprint density at radius 3 is 2.58 bits per heavy atom. The third kappa shape index (κ3) is 6.13. The number of nitrogens with one attached hydrogen (secondary N) is 1. The summed E-state index contributed by atoms with van der Waals surface area (Å²) >= 11 is 0. The van der Waals surface area contributed by atoms with E-state index >= 15 is 0 Å². The first kappa shape index (κ1) is 22.9. The second-order valence-corrected chi connectivity index (χ2v) is 9.44. The molecule has 1 aliphatic carbocycles. The minimum atomic E-state index is -0.514. The number of carbonyl (C=O) groups excluding carboxylic acids is 2. The maximum Gasteiger partial charge on any atom is 0.250 e. The smallest absolute Gasteiger partial charge is 0.250 e. The van der Waals surface area contributed by atoms with Crippen LogP contribution in [0, 0.1) is 17.3 Å². The van der Waals surface area contributed by atoms with Crippen molar-refractivity contribution in [1.29, 1.82) is 0 Å². The molecule has 8 nitrogen and oxygen atoms in total. The summed E-state index contributed by atoms with van der Waals surface area (Å²) in [5.74, 6) is 0.475. The highest BCUT2D eigenvalue weighted by molar-refractivity contribution is 5.79. The fourth-order valence-electron chi connectivity index (χ4n) is 4.15. The summed E-state index contributed by atoms with van der Waals surface area (Å²) in [5, 5.41) is 17.4. The van der Waals surface area contributed by atoms with Gasteiger partial charge in [0.1, 0.15) is 6.04 Å². The van der Waals surface area contributed by atoms with Gasteiger partial charge in [-0.05, 0) is 17.8 Å². The summed E-state index contributed by atoms with van der Waals surface area (Å²) in [6.45, 7) is 5.92. The van der Waals surface area contributed by atoms with Gasteiger partial charge in [0.2, 0.25) is 24.0 Å². The van der Waals surface area contributed by atoms with Crippen LogP contribution in [0.4, 0.5) is 0 Å². The zero-order chi connectivity index (χ0) is 22.4. The number of hydrogen-bond donors (Lipinski definition) is 2. The van der Waals surface area contributed by atoms with E-state index in [2.05, 4.69) is 15.5 Å². The van der Waals surface area contributed by atoms with Crippen LogP contribution in [0.25, 0.3) is 11.4 Å². The molecule has 1 aromatic heterocycles. The third-order valence-corrected chi connectivity index (χ3v) is 5.87. The van der Waals surface area contributed by atoms with Gasteiger partial charge in [-0.15, -0.1) is 0 Å². The Morgan fingerprint density at radius 1 is 1.29 bits per heavy atom. The van der Waals surface area contributed by atoms with Gasteiger partial charge in [0.15, 0.2) is 0 Å². The van der Waals surface area contributed by atoms with Crippen LogP contribution in [-0.2, 0) is 9.59 Å². The van der Waals surface area contributed by atoms with Crippen LogP contribution in [0.2, 0.25) is 0 Å². The molecule has 1 heterocycles. The molecule has 168 valence electrons. The molecular weight excluding hydrogens is 396 g/mol. The average molecular weight is 429 g/mol. The van der Waals surface area contributed by atoms with Gasteiger partial charge in [0.05, 0.1) is 12.5 Å². The summed E-state index contributed by atoms with van der Waals surface area (Å²) < 4.78 is 5.53. The number of carbonyl (C=O) groups is 2. The molecule has 0 spiro atoms. The molecule has 1 saturated carbocycles. The van der Waals surface area contributed by atoms with Crippen molar-refractivity contribution in [3.8, 4) is 11.4 Å². The molecule has 8 heteroatoms. The number of nitrogens with zero attached hydrogens (tertiary/aromatic N) is 3. The average Bonchev–Trinajstić information content (AvgIpc) is 3.43. The highest BCUT2D eigenvalue weighted by Crippen LogP contribution is 2.35. The molecule has 0 radical (unpaired) electrons. The molecule has 0 unspecified atom stereocenters. The van der Waals surface area contributed by atoms with E-state index in [1.807, 2.05) is 51.1 Å². The molecule has 1 aliphatic rings. The molecule has 3 rings (SSSR count). The van der Waals surface area contributed by atoms with Gasteiger partial charge < -0.3 is 9.84 Å². The predicted molar refractivity (Wildman–Crippen MR) is 115 cm³/mol. The zero-order valence-electron chi connectivity index (χ0n) is 18.5. The number of benzene rings is 1. The molecule has 1 fully saturated rings. The molecule has 31 heavy (non-hydrogen) atoms. The van der Waals surface area contributed by atoms with Crippen molar-refractivity contribution in [3.63, 3.8) is 0 Å². The Kier molecular flexibility index (Phi) is 7.43. The maximum absolute atomic E-state index is 13.2. The highest BCUT2D eigenvalue weighted by Gasteiger charge is 2.36. The van der Waals surface area contributed by atoms with Gasteiger partial charge in [-0.1, -0.05) is 81.9 Å². The van der Waals surface area contributed by atoms with Gasteiger partial charge in [-0.2, -0.15) is 4.98 Å². The lowest BCUT2D eigenvalue weighted by Crippen LogP contribution is -2.43. The first-order valence-corrected chi connectivity index (χ1v) is 10.9. The van der Waals surface area contributed by atoms with Gasteiger partial charge in [-0.25, -0.2) is 5.06 Å². The summed E-state index contributed by atoms with van der Waals surface area (Å²) in [6.07, 6.45) is 5.42. The van der Waals surface area contributed by atoms with E-state index in [9.17, 15) is 14.8 Å². The number of hydrogen-bond acceptors (Lipinski definition) is 6. The number of aromatic nitrogens is 2. The lowest BCUT2D eigenvalue weighted by atomic mass is 9.85. The zero-order valence-corrected chi connectivity index (χ0v) is 18.5. The van der Waals surface area contributed by atoms with E-state index in [1.54, 1.807) is 0 Å². The summed E-state index contributed by atoms with van der Waals surface area (Å²) in [6, 6.07) is 8.99. The summed E-state index contributed by atoms with van der Waals surface area (Å²) in [4.78, 5) is 28.7. The standard InChI is InChI=1S/C23H32N4O4/c1-23(2,3)19(22-25-20(26-31-22)17-11-5-4-6-12-17)24-21(29)18(14-27(30)15-28)13-16-9-7-8-10-16/h4-6,11-12,15-16,18-19,30H,7-10,13-14H2,1-3H3,(H,24,29)/t18-,19-/m1/s1. The second kappa shape index (κ2) is 10.0. The van der Waals surface area contributed by atoms with E-state index in [0.717, 1.165) is 31.2 Å². The monoisotopic (exact) mass is 428 g/mol. The van der Waals surface area contributed by atoms with E-state index < -0.39 is 17.4 Å². The van der Waals surface area contributed by atoms with Crippen molar-refractivity contribution in [2.45, 2.75) is 58.9 Å². The molecule has 2 amide bonds. The van der Waals surface area contributed by atoms with Crippen molar-refractivity contribution < 1.29 is 19.3 Å². The Balaban J connectivity index is 1.79. The Morgan fingerprint density at radius 2 is 1.97 bits per heavy atom. The van der Waals surface area contributed by atoms with Crippen molar-refractivity contribution in [2.24, 2.45) is 17.3 Å². The molecule has 2 N–H and O–H groups in total. The quantitative estimate of drug-likeness (QED) is 0.355. The number of rotatable bonds is 9. The summed E-state index contributed by atoms with van der Waals surface area (Å²) in [7, 11) is 0. The largest absolute Gasteiger partial charge is 0.343 e. The fraction of sp³-hybridized carbons (Fsp3) is 0.565. The number of amides is 2. The van der Waals surface area contributed by atoms with Crippen molar-refractivity contribution in [3.05, 3.63) is 36.2 Å². The van der Waals surface area contributed by atoms with Gasteiger partial charge >= 0.3 is 0 Å². The van der Waals surface area contributed by atoms with Crippen LogP contribution in [-0.4, -0.2) is 39.3 Å². The topological polar surface area (TPSA) is 109 Å². The van der Waals surface area contributed by atoms with E-state index in [0.29, 0.717) is 35.5 Å². The molecular formula is C23H32N4O4. The van der Waals surface area contributed by atoms with E-state index in [4.69, 9.17) is 4.52 Å². The van der Waals surface area contributed by atoms with Crippen LogP contribution in [0.1, 0.15) is 64.8 Å². The molecule has 2 atom stereocenters. The van der Waals surface area contributed by atoms with Crippen LogP contribution >= 0.6 is 0 Å². The van der Waals surface area contributed by atoms with Gasteiger partial charge in [0.25, 0.3) is 0 Å². The van der Waals surface area contributed by atoms with Crippen LogP contribution < -0.4 is 5.32 Å². The lowest BCUT2D eigenvalue weighted by molar-refractivity contribution is -0.155. The highest BCUT2D eigenvalue weighted by atomic mass is 16.5. The Bertz CT molecular complexity index is 856. The lowest BCUT2D eigenvalue weighted by Gasteiger charge is -2.31. The molecule has 1 aromatic carbocycles. The minimum Gasteiger partial charge on any atom is -0.343 e. The molecule has 0 saturated heterocycles. The maximum atomic E-state index is 13.2. The van der Waals surface area contributed by atoms with E-state index in [-0.39, 0.29) is 12.5 Å². The molecule has 0 aliphatic heterocycles. The van der Waals surface area contributed by atoms with Crippen molar-refractivity contribution >= 4 is 12.3 Å². The number of hydroxylamine groups is 2. The SMILES string of the molecule is CC(C)(C)[C@H](NC(=O)[C@H](CC1CCCC1)CN(O)C=O)c1nc(-c2ccccc2)no1. The van der Waals surface area contributed by atoms with Crippen LogP contribution in [0.5, 0.6) is 0 Å². The van der Waals surface area contributed by atoms with Crippen molar-refractivity contribution in [1.82, 2.24) is 20.5 Å². The normalized spacial score (nSPS) is 16.6.